The molecular formula is C13H18Cl2N2O. The van der Waals surface area contributed by atoms with Gasteiger partial charge in [0.2, 0.25) is 5.91 Å². The van der Waals surface area contributed by atoms with Crippen molar-refractivity contribution in [3.05, 3.63) is 33.8 Å². The second-order valence-corrected chi connectivity index (χ2v) is 5.21. The summed E-state index contributed by atoms with van der Waals surface area (Å²) < 4.78 is 0. The van der Waals surface area contributed by atoms with E-state index in [2.05, 4.69) is 10.6 Å². The fourth-order valence-corrected chi connectivity index (χ4v) is 1.92. The first kappa shape index (κ1) is 15.3. The summed E-state index contributed by atoms with van der Waals surface area (Å²) in [6.07, 6.45) is 0.698. The average Bonchev–Trinajstić information content (AvgIpc) is 2.29. The van der Waals surface area contributed by atoms with Crippen LogP contribution < -0.4 is 10.6 Å². The summed E-state index contributed by atoms with van der Waals surface area (Å²) in [7, 11) is 0. The predicted octanol–water partition coefficient (Wildman–Crippen LogP) is 2.65. The maximum atomic E-state index is 11.4. The molecule has 0 bridgehead atoms. The van der Waals surface area contributed by atoms with Crippen LogP contribution >= 0.6 is 23.2 Å². The molecule has 1 amide bonds. The van der Waals surface area contributed by atoms with E-state index in [0.29, 0.717) is 35.6 Å². The van der Waals surface area contributed by atoms with Gasteiger partial charge in [0.1, 0.15) is 0 Å². The number of hydrogen-bond donors (Lipinski definition) is 2. The standard InChI is InChI=1S/C13H18Cl2N2O/c1-9(2)17-8-13(18)16-6-5-10-3-4-11(14)7-12(10)15/h3-4,7,9,17H,5-6,8H2,1-2H3,(H,16,18). The number of carbonyl (C=O) groups excluding carboxylic acids is 1. The number of amides is 1. The minimum absolute atomic E-state index is 0.00575. The van der Waals surface area contributed by atoms with Gasteiger partial charge in [0, 0.05) is 22.6 Å². The Labute approximate surface area is 118 Å². The molecule has 0 unspecified atom stereocenters. The summed E-state index contributed by atoms with van der Waals surface area (Å²) in [6, 6.07) is 5.69. The first-order chi connectivity index (χ1) is 8.49. The van der Waals surface area contributed by atoms with Crippen LogP contribution in [-0.2, 0) is 11.2 Å². The van der Waals surface area contributed by atoms with E-state index >= 15 is 0 Å². The van der Waals surface area contributed by atoms with Crippen molar-refractivity contribution in [2.75, 3.05) is 13.1 Å². The molecule has 0 fully saturated rings. The van der Waals surface area contributed by atoms with Crippen molar-refractivity contribution in [3.8, 4) is 0 Å². The molecule has 18 heavy (non-hydrogen) atoms. The van der Waals surface area contributed by atoms with Crippen molar-refractivity contribution in [2.45, 2.75) is 26.3 Å². The molecule has 0 aliphatic carbocycles. The van der Waals surface area contributed by atoms with Gasteiger partial charge >= 0.3 is 0 Å². The molecule has 1 aromatic carbocycles. The topological polar surface area (TPSA) is 41.1 Å². The van der Waals surface area contributed by atoms with Crippen LogP contribution in [0.1, 0.15) is 19.4 Å². The number of nitrogens with one attached hydrogen (secondary N) is 2. The van der Waals surface area contributed by atoms with E-state index in [-0.39, 0.29) is 5.91 Å². The Morgan fingerprint density at radius 3 is 2.67 bits per heavy atom. The Kier molecular flexibility index (Phi) is 6.47. The highest BCUT2D eigenvalue weighted by Crippen LogP contribution is 2.20. The van der Waals surface area contributed by atoms with Crippen LogP contribution in [0.25, 0.3) is 0 Å². The summed E-state index contributed by atoms with van der Waals surface area (Å²) in [4.78, 5) is 11.4. The zero-order chi connectivity index (χ0) is 13.5. The summed E-state index contributed by atoms with van der Waals surface area (Å²) in [5.74, 6) is -0.00575. The Morgan fingerprint density at radius 2 is 2.06 bits per heavy atom. The fraction of sp³-hybridized carbons (Fsp3) is 0.462. The molecular weight excluding hydrogens is 271 g/mol. The van der Waals surface area contributed by atoms with Crippen molar-refractivity contribution >= 4 is 29.1 Å². The molecule has 0 aliphatic rings. The predicted molar refractivity (Wildman–Crippen MR) is 76.3 cm³/mol. The lowest BCUT2D eigenvalue weighted by molar-refractivity contribution is -0.120. The molecule has 0 aliphatic heterocycles. The zero-order valence-corrected chi connectivity index (χ0v) is 12.1. The van der Waals surface area contributed by atoms with Crippen LogP contribution in [0, 0.1) is 0 Å². The average molecular weight is 289 g/mol. The third-order valence-corrected chi connectivity index (χ3v) is 2.99. The molecule has 0 radical (unpaired) electrons. The maximum Gasteiger partial charge on any atom is 0.233 e. The normalized spacial score (nSPS) is 10.7. The SMILES string of the molecule is CC(C)NCC(=O)NCCc1ccc(Cl)cc1Cl. The number of benzene rings is 1. The van der Waals surface area contributed by atoms with Gasteiger partial charge in [0.05, 0.1) is 6.54 Å². The Hall–Kier alpha value is -0.770. The lowest BCUT2D eigenvalue weighted by atomic mass is 10.1. The lowest BCUT2D eigenvalue weighted by Gasteiger charge is -2.09. The van der Waals surface area contributed by atoms with Crippen molar-refractivity contribution in [2.24, 2.45) is 0 Å². The van der Waals surface area contributed by atoms with Crippen LogP contribution in [0.15, 0.2) is 18.2 Å². The molecule has 2 N–H and O–H groups in total. The van der Waals surface area contributed by atoms with E-state index in [1.54, 1.807) is 12.1 Å². The first-order valence-electron chi connectivity index (χ1n) is 5.93. The Bertz CT molecular complexity index is 408. The largest absolute Gasteiger partial charge is 0.355 e. The number of halogens is 2. The van der Waals surface area contributed by atoms with E-state index in [0.717, 1.165) is 5.56 Å². The van der Waals surface area contributed by atoms with E-state index < -0.39 is 0 Å². The van der Waals surface area contributed by atoms with Gasteiger partial charge in [0.15, 0.2) is 0 Å². The molecule has 1 rings (SSSR count). The maximum absolute atomic E-state index is 11.4. The monoisotopic (exact) mass is 288 g/mol. The van der Waals surface area contributed by atoms with Gasteiger partial charge in [-0.25, -0.2) is 0 Å². The van der Waals surface area contributed by atoms with Crippen molar-refractivity contribution in [1.82, 2.24) is 10.6 Å². The molecule has 0 atom stereocenters. The van der Waals surface area contributed by atoms with E-state index in [1.807, 2.05) is 19.9 Å². The molecule has 1 aromatic rings. The smallest absolute Gasteiger partial charge is 0.233 e. The van der Waals surface area contributed by atoms with Gasteiger partial charge in [-0.3, -0.25) is 4.79 Å². The minimum atomic E-state index is -0.00575. The van der Waals surface area contributed by atoms with Gasteiger partial charge in [0.25, 0.3) is 0 Å². The Balaban J connectivity index is 2.31. The highest BCUT2D eigenvalue weighted by Gasteiger charge is 2.04. The molecule has 0 aromatic heterocycles. The second-order valence-electron chi connectivity index (χ2n) is 4.37. The van der Waals surface area contributed by atoms with Gasteiger partial charge in [-0.1, -0.05) is 43.1 Å². The number of hydrogen-bond acceptors (Lipinski definition) is 2. The van der Waals surface area contributed by atoms with Crippen LogP contribution in [0.3, 0.4) is 0 Å². The van der Waals surface area contributed by atoms with Crippen LogP contribution in [0.4, 0.5) is 0 Å². The van der Waals surface area contributed by atoms with Gasteiger partial charge in [-0.15, -0.1) is 0 Å². The van der Waals surface area contributed by atoms with E-state index in [1.165, 1.54) is 0 Å². The van der Waals surface area contributed by atoms with Gasteiger partial charge < -0.3 is 10.6 Å². The summed E-state index contributed by atoms with van der Waals surface area (Å²) >= 11 is 11.8. The van der Waals surface area contributed by atoms with Gasteiger partial charge in [-0.05, 0) is 24.1 Å². The zero-order valence-electron chi connectivity index (χ0n) is 10.6. The van der Waals surface area contributed by atoms with E-state index in [9.17, 15) is 4.79 Å². The van der Waals surface area contributed by atoms with Crippen molar-refractivity contribution in [1.29, 1.82) is 0 Å². The second kappa shape index (κ2) is 7.62. The molecule has 0 saturated heterocycles. The molecule has 0 spiro atoms. The highest BCUT2D eigenvalue weighted by molar-refractivity contribution is 6.35. The van der Waals surface area contributed by atoms with Crippen molar-refractivity contribution < 1.29 is 4.79 Å². The highest BCUT2D eigenvalue weighted by atomic mass is 35.5. The van der Waals surface area contributed by atoms with Crippen molar-refractivity contribution in [3.63, 3.8) is 0 Å². The number of carbonyl (C=O) groups is 1. The first-order valence-corrected chi connectivity index (χ1v) is 6.68. The third kappa shape index (κ3) is 5.71. The number of rotatable bonds is 6. The fourth-order valence-electron chi connectivity index (χ4n) is 1.42. The summed E-state index contributed by atoms with van der Waals surface area (Å²) in [5, 5.41) is 7.15. The minimum Gasteiger partial charge on any atom is -0.355 e. The molecule has 3 nitrogen and oxygen atoms in total. The molecule has 100 valence electrons. The summed E-state index contributed by atoms with van der Waals surface area (Å²) in [6.45, 7) is 4.91. The molecule has 0 heterocycles. The summed E-state index contributed by atoms with van der Waals surface area (Å²) in [5.41, 5.74) is 0.984. The Morgan fingerprint density at radius 1 is 1.33 bits per heavy atom. The lowest BCUT2D eigenvalue weighted by Crippen LogP contribution is -2.37. The molecule has 0 saturated carbocycles. The molecule has 5 heteroatoms. The quantitative estimate of drug-likeness (QED) is 0.845. The van der Waals surface area contributed by atoms with E-state index in [4.69, 9.17) is 23.2 Å². The van der Waals surface area contributed by atoms with Gasteiger partial charge in [-0.2, -0.15) is 0 Å². The van der Waals surface area contributed by atoms with Crippen LogP contribution in [0.2, 0.25) is 10.0 Å². The third-order valence-electron chi connectivity index (χ3n) is 2.40. The van der Waals surface area contributed by atoms with Crippen LogP contribution in [0.5, 0.6) is 0 Å². The van der Waals surface area contributed by atoms with Crippen LogP contribution in [-0.4, -0.2) is 25.0 Å².